The Balaban J connectivity index is 2.27. The summed E-state index contributed by atoms with van der Waals surface area (Å²) in [6.07, 6.45) is 0.635. The maximum Gasteiger partial charge on any atom is 0.223 e. The van der Waals surface area contributed by atoms with E-state index >= 15 is 0 Å². The van der Waals surface area contributed by atoms with E-state index in [-0.39, 0.29) is 17.9 Å². The third-order valence-electron chi connectivity index (χ3n) is 4.35. The predicted octanol–water partition coefficient (Wildman–Crippen LogP) is 4.86. The molecule has 0 bridgehead atoms. The fourth-order valence-corrected chi connectivity index (χ4v) is 3.04. The normalized spacial score (nSPS) is 12.0. The van der Waals surface area contributed by atoms with Crippen LogP contribution < -0.4 is 4.74 Å². The molecule has 3 nitrogen and oxygen atoms in total. The van der Waals surface area contributed by atoms with Crippen molar-refractivity contribution >= 4 is 5.91 Å². The number of rotatable bonds is 8. The number of amides is 1. The molecule has 0 aromatic heterocycles. The Morgan fingerprint density at radius 1 is 0.920 bits per heavy atom. The Morgan fingerprint density at radius 3 is 2.00 bits per heavy atom. The SMILES string of the molecule is CCN(CC)C(=O)C[C@@H](c1ccccc1)c1ccc(OC(C)C)cc1. The van der Waals surface area contributed by atoms with Crippen LogP contribution in [0.1, 0.15) is 51.2 Å². The van der Waals surface area contributed by atoms with Crippen molar-refractivity contribution in [3.05, 3.63) is 65.7 Å². The van der Waals surface area contributed by atoms with Crippen molar-refractivity contribution in [1.29, 1.82) is 0 Å². The van der Waals surface area contributed by atoms with Crippen LogP contribution in [-0.4, -0.2) is 30.0 Å². The van der Waals surface area contributed by atoms with Crippen molar-refractivity contribution in [2.45, 2.75) is 46.1 Å². The molecule has 0 spiro atoms. The molecule has 0 fully saturated rings. The van der Waals surface area contributed by atoms with Crippen molar-refractivity contribution in [3.63, 3.8) is 0 Å². The molecular weight excluding hydrogens is 310 g/mol. The monoisotopic (exact) mass is 339 g/mol. The van der Waals surface area contributed by atoms with Crippen LogP contribution in [0, 0.1) is 0 Å². The van der Waals surface area contributed by atoms with Crippen LogP contribution in [0.3, 0.4) is 0 Å². The first-order valence-electron chi connectivity index (χ1n) is 9.14. The van der Waals surface area contributed by atoms with Gasteiger partial charge in [0.25, 0.3) is 0 Å². The summed E-state index contributed by atoms with van der Waals surface area (Å²) in [5.41, 5.74) is 2.31. The molecule has 0 aliphatic rings. The second kappa shape index (κ2) is 9.26. The fourth-order valence-electron chi connectivity index (χ4n) is 3.04. The number of hydrogen-bond acceptors (Lipinski definition) is 2. The minimum Gasteiger partial charge on any atom is -0.491 e. The number of nitrogens with zero attached hydrogens (tertiary/aromatic N) is 1. The van der Waals surface area contributed by atoms with E-state index in [0.717, 1.165) is 24.4 Å². The maximum absolute atomic E-state index is 12.7. The lowest BCUT2D eigenvalue weighted by atomic mass is 9.88. The molecule has 0 heterocycles. The van der Waals surface area contributed by atoms with Crippen molar-refractivity contribution in [2.75, 3.05) is 13.1 Å². The minimum atomic E-state index is 0.0578. The van der Waals surface area contributed by atoms with Crippen LogP contribution in [0.5, 0.6) is 5.75 Å². The van der Waals surface area contributed by atoms with Gasteiger partial charge in [-0.2, -0.15) is 0 Å². The Hall–Kier alpha value is -2.29. The highest BCUT2D eigenvalue weighted by molar-refractivity contribution is 5.77. The molecule has 0 radical (unpaired) electrons. The van der Waals surface area contributed by atoms with Crippen LogP contribution in [-0.2, 0) is 4.79 Å². The van der Waals surface area contributed by atoms with Gasteiger partial charge in [0.05, 0.1) is 6.10 Å². The molecular formula is C22H29NO2. The van der Waals surface area contributed by atoms with Gasteiger partial charge >= 0.3 is 0 Å². The third kappa shape index (κ3) is 5.35. The van der Waals surface area contributed by atoms with E-state index < -0.39 is 0 Å². The van der Waals surface area contributed by atoms with E-state index in [4.69, 9.17) is 4.74 Å². The zero-order valence-corrected chi connectivity index (χ0v) is 15.7. The Kier molecular flexibility index (Phi) is 7.05. The molecule has 3 heteroatoms. The molecule has 0 saturated heterocycles. The van der Waals surface area contributed by atoms with Crippen molar-refractivity contribution in [3.8, 4) is 5.75 Å². The summed E-state index contributed by atoms with van der Waals surface area (Å²) in [6, 6.07) is 18.4. The van der Waals surface area contributed by atoms with E-state index in [1.807, 2.05) is 62.9 Å². The van der Waals surface area contributed by atoms with Crippen molar-refractivity contribution in [1.82, 2.24) is 4.90 Å². The van der Waals surface area contributed by atoms with Crippen LogP contribution >= 0.6 is 0 Å². The third-order valence-corrected chi connectivity index (χ3v) is 4.35. The first-order valence-corrected chi connectivity index (χ1v) is 9.14. The quantitative estimate of drug-likeness (QED) is 0.687. The zero-order valence-electron chi connectivity index (χ0n) is 15.7. The smallest absolute Gasteiger partial charge is 0.223 e. The van der Waals surface area contributed by atoms with Gasteiger partial charge in [-0.1, -0.05) is 42.5 Å². The van der Waals surface area contributed by atoms with Crippen LogP contribution in [0.4, 0.5) is 0 Å². The van der Waals surface area contributed by atoms with E-state index in [9.17, 15) is 4.79 Å². The summed E-state index contributed by atoms with van der Waals surface area (Å²) in [5.74, 6) is 1.12. The topological polar surface area (TPSA) is 29.5 Å². The predicted molar refractivity (Wildman–Crippen MR) is 103 cm³/mol. The van der Waals surface area contributed by atoms with E-state index in [0.29, 0.717) is 6.42 Å². The van der Waals surface area contributed by atoms with E-state index in [2.05, 4.69) is 24.3 Å². The van der Waals surface area contributed by atoms with Crippen LogP contribution in [0.2, 0.25) is 0 Å². The summed E-state index contributed by atoms with van der Waals surface area (Å²) in [5, 5.41) is 0. The Morgan fingerprint density at radius 2 is 1.48 bits per heavy atom. The Bertz CT molecular complexity index is 645. The van der Waals surface area contributed by atoms with Crippen molar-refractivity contribution < 1.29 is 9.53 Å². The van der Waals surface area contributed by atoms with Gasteiger partial charge in [-0.05, 0) is 51.0 Å². The lowest BCUT2D eigenvalue weighted by Gasteiger charge is -2.24. The fraction of sp³-hybridized carbons (Fsp3) is 0.409. The summed E-state index contributed by atoms with van der Waals surface area (Å²) < 4.78 is 5.73. The molecule has 1 atom stereocenters. The van der Waals surface area contributed by atoms with Crippen molar-refractivity contribution in [2.24, 2.45) is 0 Å². The average molecular weight is 339 g/mol. The molecule has 134 valence electrons. The zero-order chi connectivity index (χ0) is 18.2. The maximum atomic E-state index is 12.7. The number of benzene rings is 2. The summed E-state index contributed by atoms with van der Waals surface area (Å²) in [7, 11) is 0. The van der Waals surface area contributed by atoms with Crippen LogP contribution in [0.25, 0.3) is 0 Å². The van der Waals surface area contributed by atoms with E-state index in [1.165, 1.54) is 5.56 Å². The van der Waals surface area contributed by atoms with Gasteiger partial charge in [0.2, 0.25) is 5.91 Å². The highest BCUT2D eigenvalue weighted by Gasteiger charge is 2.21. The number of carbonyl (C=O) groups excluding carboxylic acids is 1. The molecule has 0 saturated carbocycles. The summed E-state index contributed by atoms with van der Waals surface area (Å²) >= 11 is 0. The van der Waals surface area contributed by atoms with Gasteiger partial charge in [0.1, 0.15) is 5.75 Å². The summed E-state index contributed by atoms with van der Waals surface area (Å²) in [6.45, 7) is 9.58. The molecule has 1 amide bonds. The lowest BCUT2D eigenvalue weighted by molar-refractivity contribution is -0.131. The molecule has 0 aliphatic carbocycles. The number of ether oxygens (including phenoxy) is 1. The summed E-state index contributed by atoms with van der Waals surface area (Å²) in [4.78, 5) is 14.6. The van der Waals surface area contributed by atoms with Crippen LogP contribution in [0.15, 0.2) is 54.6 Å². The molecule has 2 rings (SSSR count). The first-order chi connectivity index (χ1) is 12.0. The van der Waals surface area contributed by atoms with Gasteiger partial charge in [0.15, 0.2) is 0 Å². The molecule has 2 aromatic carbocycles. The molecule has 25 heavy (non-hydrogen) atoms. The highest BCUT2D eigenvalue weighted by atomic mass is 16.5. The standard InChI is InChI=1S/C22H29NO2/c1-5-23(6-2)22(24)16-21(18-10-8-7-9-11-18)19-12-14-20(15-13-19)25-17(3)4/h7-15,17,21H,5-6,16H2,1-4H3/t21-/m0/s1. The second-order valence-electron chi connectivity index (χ2n) is 6.47. The highest BCUT2D eigenvalue weighted by Crippen LogP contribution is 2.30. The largest absolute Gasteiger partial charge is 0.491 e. The van der Waals surface area contributed by atoms with Gasteiger partial charge in [0, 0.05) is 25.4 Å². The molecule has 0 aliphatic heterocycles. The Labute approximate surface area is 151 Å². The van der Waals surface area contributed by atoms with Gasteiger partial charge < -0.3 is 9.64 Å². The van der Waals surface area contributed by atoms with E-state index in [1.54, 1.807) is 0 Å². The van der Waals surface area contributed by atoms with Gasteiger partial charge in [-0.25, -0.2) is 0 Å². The first kappa shape index (κ1) is 19.0. The van der Waals surface area contributed by atoms with Gasteiger partial charge in [-0.3, -0.25) is 4.79 Å². The number of carbonyl (C=O) groups is 1. The molecule has 0 N–H and O–H groups in total. The minimum absolute atomic E-state index is 0.0578. The lowest BCUT2D eigenvalue weighted by Crippen LogP contribution is -2.31. The number of hydrogen-bond donors (Lipinski definition) is 0. The average Bonchev–Trinajstić information content (AvgIpc) is 2.62. The van der Waals surface area contributed by atoms with Gasteiger partial charge in [-0.15, -0.1) is 0 Å². The second-order valence-corrected chi connectivity index (χ2v) is 6.47. The molecule has 0 unspecified atom stereocenters. The molecule has 2 aromatic rings.